The third kappa shape index (κ3) is 2.18. The lowest BCUT2D eigenvalue weighted by Crippen LogP contribution is -2.08. The van der Waals surface area contributed by atoms with Gasteiger partial charge in [-0.15, -0.1) is 0 Å². The fourth-order valence-corrected chi connectivity index (χ4v) is 2.28. The molecule has 0 atom stereocenters. The molecule has 2 aromatic heterocycles. The van der Waals surface area contributed by atoms with E-state index < -0.39 is 11.7 Å². The van der Waals surface area contributed by atoms with Gasteiger partial charge >= 0.3 is 6.18 Å². The van der Waals surface area contributed by atoms with Gasteiger partial charge in [0, 0.05) is 5.56 Å². The van der Waals surface area contributed by atoms with Crippen LogP contribution in [0.5, 0.6) is 0 Å². The Balaban J connectivity index is 2.35. The molecule has 3 nitrogen and oxygen atoms in total. The fourth-order valence-electron chi connectivity index (χ4n) is 2.28. The molecule has 2 heterocycles. The number of alkyl halides is 3. The molecule has 3 aromatic rings. The predicted octanol–water partition coefficient (Wildman–Crippen LogP) is 3.83. The molecule has 0 aliphatic rings. The molecule has 0 fully saturated rings. The van der Waals surface area contributed by atoms with Gasteiger partial charge in [0.15, 0.2) is 6.29 Å². The van der Waals surface area contributed by atoms with Crippen LogP contribution in [0.15, 0.2) is 48.7 Å². The summed E-state index contributed by atoms with van der Waals surface area (Å²) in [5.41, 5.74) is -0.0268. The van der Waals surface area contributed by atoms with E-state index in [2.05, 4.69) is 4.98 Å². The molecule has 21 heavy (non-hydrogen) atoms. The maximum absolute atomic E-state index is 13.1. The van der Waals surface area contributed by atoms with Crippen LogP contribution in [0.3, 0.4) is 0 Å². The van der Waals surface area contributed by atoms with E-state index in [0.29, 0.717) is 11.8 Å². The Morgan fingerprint density at radius 3 is 2.52 bits per heavy atom. The summed E-state index contributed by atoms with van der Waals surface area (Å²) < 4.78 is 40.8. The van der Waals surface area contributed by atoms with E-state index in [0.717, 1.165) is 6.07 Å². The van der Waals surface area contributed by atoms with Crippen LogP contribution >= 0.6 is 0 Å². The lowest BCUT2D eigenvalue weighted by Gasteiger charge is -2.12. The second-order valence-electron chi connectivity index (χ2n) is 4.45. The number of rotatable bonds is 2. The van der Waals surface area contributed by atoms with Crippen LogP contribution in [-0.2, 0) is 6.18 Å². The van der Waals surface area contributed by atoms with Crippen LogP contribution in [0.2, 0.25) is 0 Å². The quantitative estimate of drug-likeness (QED) is 0.672. The van der Waals surface area contributed by atoms with Crippen molar-refractivity contribution in [1.29, 1.82) is 0 Å². The molecule has 0 N–H and O–H groups in total. The Morgan fingerprint density at radius 1 is 1.05 bits per heavy atom. The van der Waals surface area contributed by atoms with Gasteiger partial charge < -0.3 is 0 Å². The minimum atomic E-state index is -4.49. The Labute approximate surface area is 117 Å². The Hall–Kier alpha value is -2.63. The molecule has 0 radical (unpaired) electrons. The summed E-state index contributed by atoms with van der Waals surface area (Å²) in [7, 11) is 0. The van der Waals surface area contributed by atoms with Gasteiger partial charge in [-0.25, -0.2) is 4.98 Å². The molecule has 0 aliphatic heterocycles. The van der Waals surface area contributed by atoms with E-state index in [9.17, 15) is 18.0 Å². The number of hydrogen-bond acceptors (Lipinski definition) is 2. The van der Waals surface area contributed by atoms with Crippen molar-refractivity contribution in [3.8, 4) is 11.4 Å². The van der Waals surface area contributed by atoms with Crippen molar-refractivity contribution in [3.05, 3.63) is 59.9 Å². The summed E-state index contributed by atoms with van der Waals surface area (Å²) >= 11 is 0. The van der Waals surface area contributed by atoms with Crippen LogP contribution < -0.4 is 0 Å². The van der Waals surface area contributed by atoms with E-state index in [1.807, 2.05) is 0 Å². The SMILES string of the molecule is O=Cc1cccc2cnc(-c3ccccc3C(F)(F)F)n12. The predicted molar refractivity (Wildman–Crippen MR) is 71.0 cm³/mol. The van der Waals surface area contributed by atoms with Gasteiger partial charge in [0.25, 0.3) is 0 Å². The summed E-state index contributed by atoms with van der Waals surface area (Å²) in [6, 6.07) is 10.0. The second kappa shape index (κ2) is 4.73. The normalized spacial score (nSPS) is 11.8. The molecule has 6 heteroatoms. The molecule has 0 bridgehead atoms. The van der Waals surface area contributed by atoms with Gasteiger partial charge in [-0.3, -0.25) is 9.20 Å². The number of halogens is 3. The topological polar surface area (TPSA) is 34.4 Å². The number of aldehydes is 1. The molecule has 3 rings (SSSR count). The van der Waals surface area contributed by atoms with Crippen molar-refractivity contribution in [2.45, 2.75) is 6.18 Å². The number of carbonyl (C=O) groups is 1. The Kier molecular flexibility index (Phi) is 3.01. The Bertz CT molecular complexity index is 821. The van der Waals surface area contributed by atoms with Gasteiger partial charge in [-0.1, -0.05) is 24.3 Å². The zero-order valence-electron chi connectivity index (χ0n) is 10.6. The number of hydrogen-bond donors (Lipinski definition) is 0. The molecule has 0 aliphatic carbocycles. The van der Waals surface area contributed by atoms with Crippen LogP contribution in [0.25, 0.3) is 16.9 Å². The smallest absolute Gasteiger partial charge is 0.296 e. The van der Waals surface area contributed by atoms with E-state index in [4.69, 9.17) is 0 Å². The minimum Gasteiger partial charge on any atom is -0.296 e. The average molecular weight is 290 g/mol. The van der Waals surface area contributed by atoms with Crippen molar-refractivity contribution in [2.24, 2.45) is 0 Å². The number of aromatic nitrogens is 2. The number of carbonyl (C=O) groups excluding carboxylic acids is 1. The van der Waals surface area contributed by atoms with Gasteiger partial charge in [0.05, 0.1) is 23.0 Å². The molecular weight excluding hydrogens is 281 g/mol. The molecule has 0 saturated heterocycles. The summed E-state index contributed by atoms with van der Waals surface area (Å²) in [6.45, 7) is 0. The van der Waals surface area contributed by atoms with Crippen molar-refractivity contribution in [3.63, 3.8) is 0 Å². The molecule has 0 saturated carbocycles. The third-order valence-corrected chi connectivity index (χ3v) is 3.18. The number of pyridine rings is 1. The molecule has 0 amide bonds. The Morgan fingerprint density at radius 2 is 1.81 bits per heavy atom. The van der Waals surface area contributed by atoms with Crippen molar-refractivity contribution in [1.82, 2.24) is 9.38 Å². The van der Waals surface area contributed by atoms with E-state index in [1.54, 1.807) is 12.1 Å². The van der Waals surface area contributed by atoms with Crippen LogP contribution in [0, 0.1) is 0 Å². The monoisotopic (exact) mass is 290 g/mol. The molecular formula is C15H9F3N2O. The first-order valence-electron chi connectivity index (χ1n) is 6.10. The van der Waals surface area contributed by atoms with Gasteiger partial charge in [-0.2, -0.15) is 13.2 Å². The van der Waals surface area contributed by atoms with E-state index in [1.165, 1.54) is 34.9 Å². The summed E-state index contributed by atoms with van der Waals surface area (Å²) in [4.78, 5) is 15.2. The van der Waals surface area contributed by atoms with Crippen molar-refractivity contribution in [2.75, 3.05) is 0 Å². The van der Waals surface area contributed by atoms with Crippen LogP contribution in [0.4, 0.5) is 13.2 Å². The standard InChI is InChI=1S/C15H9F3N2O/c16-15(17,18)13-7-2-1-6-12(13)14-19-8-10-4-3-5-11(9-21)20(10)14/h1-9H. The van der Waals surface area contributed by atoms with Gasteiger partial charge in [0.1, 0.15) is 5.82 Å². The first kappa shape index (κ1) is 13.4. The van der Waals surface area contributed by atoms with Crippen molar-refractivity contribution < 1.29 is 18.0 Å². The first-order valence-corrected chi connectivity index (χ1v) is 6.10. The fraction of sp³-hybridized carbons (Fsp3) is 0.0667. The van der Waals surface area contributed by atoms with E-state index >= 15 is 0 Å². The van der Waals surface area contributed by atoms with Gasteiger partial charge in [-0.05, 0) is 18.2 Å². The third-order valence-electron chi connectivity index (χ3n) is 3.18. The lowest BCUT2D eigenvalue weighted by atomic mass is 10.1. The zero-order valence-corrected chi connectivity index (χ0v) is 10.6. The van der Waals surface area contributed by atoms with Crippen LogP contribution in [0.1, 0.15) is 16.1 Å². The molecule has 1 aromatic carbocycles. The number of fused-ring (bicyclic) bond motifs is 1. The maximum atomic E-state index is 13.1. The van der Waals surface area contributed by atoms with Gasteiger partial charge in [0.2, 0.25) is 0 Å². The highest BCUT2D eigenvalue weighted by atomic mass is 19.4. The first-order chi connectivity index (χ1) is 10.0. The largest absolute Gasteiger partial charge is 0.417 e. The summed E-state index contributed by atoms with van der Waals surface area (Å²) in [6.07, 6.45) is -2.46. The minimum absolute atomic E-state index is 0.0562. The number of nitrogens with zero attached hydrogens (tertiary/aromatic N) is 2. The highest BCUT2D eigenvalue weighted by Gasteiger charge is 2.34. The van der Waals surface area contributed by atoms with Crippen LogP contribution in [-0.4, -0.2) is 15.7 Å². The second-order valence-corrected chi connectivity index (χ2v) is 4.45. The van der Waals surface area contributed by atoms with Crippen molar-refractivity contribution >= 4 is 11.8 Å². The summed E-state index contributed by atoms with van der Waals surface area (Å²) in [5.74, 6) is 0.0978. The number of benzene rings is 1. The molecule has 106 valence electrons. The summed E-state index contributed by atoms with van der Waals surface area (Å²) in [5, 5.41) is 0. The highest BCUT2D eigenvalue weighted by molar-refractivity contribution is 5.77. The zero-order chi connectivity index (χ0) is 15.0. The van der Waals surface area contributed by atoms with E-state index in [-0.39, 0.29) is 17.1 Å². The lowest BCUT2D eigenvalue weighted by molar-refractivity contribution is -0.137. The molecule has 0 spiro atoms. The molecule has 0 unspecified atom stereocenters. The number of imidazole rings is 1. The highest BCUT2D eigenvalue weighted by Crippen LogP contribution is 2.36. The maximum Gasteiger partial charge on any atom is 0.417 e. The average Bonchev–Trinajstić information content (AvgIpc) is 2.90.